The van der Waals surface area contributed by atoms with Crippen molar-refractivity contribution < 1.29 is 0 Å². The lowest BCUT2D eigenvalue weighted by Gasteiger charge is -2.07. The molecule has 0 aromatic carbocycles. The van der Waals surface area contributed by atoms with E-state index >= 15 is 0 Å². The summed E-state index contributed by atoms with van der Waals surface area (Å²) in [6, 6.07) is 0. The third kappa shape index (κ3) is 13.2. The molecule has 3 nitrogen and oxygen atoms in total. The number of unbranched alkanes of at least 4 members (excludes halogenated alkanes) is 14. The highest BCUT2D eigenvalue weighted by Crippen LogP contribution is 2.12. The molecule has 1 aromatic heterocycles. The van der Waals surface area contributed by atoms with Crippen LogP contribution in [0.5, 0.6) is 0 Å². The number of aryl methyl sites for hydroxylation is 3. The smallest absolute Gasteiger partial charge is 0.132 e. The van der Waals surface area contributed by atoms with Gasteiger partial charge in [0, 0.05) is 19.3 Å². The van der Waals surface area contributed by atoms with E-state index in [-0.39, 0.29) is 0 Å². The zero-order valence-electron chi connectivity index (χ0n) is 19.3. The Morgan fingerprint density at radius 2 is 0.714 bits per heavy atom. The van der Waals surface area contributed by atoms with E-state index in [1.807, 2.05) is 0 Å². The van der Waals surface area contributed by atoms with Gasteiger partial charge in [0.05, 0.1) is 0 Å². The maximum Gasteiger partial charge on any atom is 0.132 e. The predicted octanol–water partition coefficient (Wildman–Crippen LogP) is 7.80. The maximum absolute atomic E-state index is 4.78. The van der Waals surface area contributed by atoms with Crippen molar-refractivity contribution in [3.63, 3.8) is 0 Å². The Morgan fingerprint density at radius 3 is 1.07 bits per heavy atom. The molecule has 0 amide bonds. The summed E-state index contributed by atoms with van der Waals surface area (Å²) in [7, 11) is 0. The van der Waals surface area contributed by atoms with Crippen molar-refractivity contribution in [3.05, 3.63) is 17.5 Å². The Morgan fingerprint density at radius 1 is 0.393 bits per heavy atom. The fourth-order valence-corrected chi connectivity index (χ4v) is 3.74. The van der Waals surface area contributed by atoms with Gasteiger partial charge in [0.25, 0.3) is 0 Å². The summed E-state index contributed by atoms with van der Waals surface area (Å²) in [5.41, 5.74) is 0. The molecule has 1 rings (SSSR count). The van der Waals surface area contributed by atoms with Crippen molar-refractivity contribution in [1.82, 2.24) is 15.0 Å². The van der Waals surface area contributed by atoms with Crippen LogP contribution in [0, 0.1) is 0 Å². The first-order chi connectivity index (χ1) is 13.8. The predicted molar refractivity (Wildman–Crippen MR) is 122 cm³/mol. The molecule has 0 fully saturated rings. The van der Waals surface area contributed by atoms with Crippen LogP contribution in [0.25, 0.3) is 0 Å². The lowest BCUT2D eigenvalue weighted by atomic mass is 10.1. The monoisotopic (exact) mass is 389 g/mol. The summed E-state index contributed by atoms with van der Waals surface area (Å²) >= 11 is 0. The third-order valence-electron chi connectivity index (χ3n) is 5.60. The van der Waals surface area contributed by atoms with Crippen LogP contribution in [0.15, 0.2) is 0 Å². The molecular weight excluding hydrogens is 342 g/mol. The molecule has 0 atom stereocenters. The Bertz CT molecular complexity index is 435. The molecular formula is C25H47N3. The standard InChI is InChI=1S/C25H47N3/c1-4-7-9-11-13-15-17-19-21-24-26-23(6-3)27-25(28-24)22-20-18-16-14-12-10-8-5-2/h4-22H2,1-3H3. The topological polar surface area (TPSA) is 38.7 Å². The summed E-state index contributed by atoms with van der Waals surface area (Å²) in [6.45, 7) is 6.71. The molecule has 0 N–H and O–H groups in total. The third-order valence-corrected chi connectivity index (χ3v) is 5.60. The minimum Gasteiger partial charge on any atom is -0.218 e. The van der Waals surface area contributed by atoms with Gasteiger partial charge in [-0.3, -0.25) is 0 Å². The first kappa shape index (κ1) is 25.0. The Kier molecular flexibility index (Phi) is 16.2. The average molecular weight is 390 g/mol. The Hall–Kier alpha value is -0.990. The van der Waals surface area contributed by atoms with Crippen LogP contribution in [0.4, 0.5) is 0 Å². The Labute approximate surface area is 175 Å². The van der Waals surface area contributed by atoms with Crippen molar-refractivity contribution >= 4 is 0 Å². The number of hydrogen-bond donors (Lipinski definition) is 0. The fourth-order valence-electron chi connectivity index (χ4n) is 3.74. The highest BCUT2D eigenvalue weighted by atomic mass is 15.0. The van der Waals surface area contributed by atoms with E-state index in [4.69, 9.17) is 4.98 Å². The van der Waals surface area contributed by atoms with E-state index in [1.165, 1.54) is 103 Å². The normalized spacial score (nSPS) is 11.2. The SMILES string of the molecule is CCCCCCCCCCc1nc(CC)nc(CCCCCCCCCC)n1. The number of aromatic nitrogens is 3. The van der Waals surface area contributed by atoms with Gasteiger partial charge in [-0.15, -0.1) is 0 Å². The van der Waals surface area contributed by atoms with E-state index in [1.54, 1.807) is 0 Å². The first-order valence-corrected chi connectivity index (χ1v) is 12.5. The second kappa shape index (κ2) is 18.1. The van der Waals surface area contributed by atoms with Crippen molar-refractivity contribution in [2.45, 2.75) is 143 Å². The molecule has 0 spiro atoms. The molecule has 3 heteroatoms. The van der Waals surface area contributed by atoms with Gasteiger partial charge in [0.1, 0.15) is 17.5 Å². The van der Waals surface area contributed by atoms with Gasteiger partial charge in [-0.25, -0.2) is 15.0 Å². The van der Waals surface area contributed by atoms with E-state index in [0.717, 1.165) is 36.7 Å². The van der Waals surface area contributed by atoms with Gasteiger partial charge in [0.15, 0.2) is 0 Å². The molecule has 0 aliphatic carbocycles. The molecule has 0 bridgehead atoms. The summed E-state index contributed by atoms with van der Waals surface area (Å²) in [4.78, 5) is 14.1. The largest absolute Gasteiger partial charge is 0.218 e. The molecule has 0 saturated carbocycles. The van der Waals surface area contributed by atoms with Crippen LogP contribution < -0.4 is 0 Å². The molecule has 0 radical (unpaired) electrons. The van der Waals surface area contributed by atoms with Crippen molar-refractivity contribution in [1.29, 1.82) is 0 Å². The highest BCUT2D eigenvalue weighted by Gasteiger charge is 2.06. The number of hydrogen-bond acceptors (Lipinski definition) is 3. The van der Waals surface area contributed by atoms with Crippen LogP contribution in [-0.2, 0) is 19.3 Å². The average Bonchev–Trinajstić information content (AvgIpc) is 2.71. The zero-order chi connectivity index (χ0) is 20.3. The lowest BCUT2D eigenvalue weighted by Crippen LogP contribution is -2.07. The summed E-state index contributed by atoms with van der Waals surface area (Å²) in [6.07, 6.45) is 24.6. The highest BCUT2D eigenvalue weighted by molar-refractivity contribution is 4.98. The first-order valence-electron chi connectivity index (χ1n) is 12.5. The lowest BCUT2D eigenvalue weighted by molar-refractivity contribution is 0.563. The number of nitrogens with zero attached hydrogens (tertiary/aromatic N) is 3. The molecule has 1 heterocycles. The summed E-state index contributed by atoms with van der Waals surface area (Å²) in [5, 5.41) is 0. The van der Waals surface area contributed by atoms with Crippen LogP contribution >= 0.6 is 0 Å². The Balaban J connectivity index is 2.22. The minimum atomic E-state index is 0.914. The van der Waals surface area contributed by atoms with Crippen LogP contribution in [-0.4, -0.2) is 15.0 Å². The molecule has 0 unspecified atom stereocenters. The van der Waals surface area contributed by atoms with Gasteiger partial charge in [-0.2, -0.15) is 0 Å². The molecule has 1 aromatic rings. The van der Waals surface area contributed by atoms with Gasteiger partial charge in [0.2, 0.25) is 0 Å². The van der Waals surface area contributed by atoms with Gasteiger partial charge in [-0.05, 0) is 12.8 Å². The van der Waals surface area contributed by atoms with Gasteiger partial charge < -0.3 is 0 Å². The molecule has 0 saturated heterocycles. The minimum absolute atomic E-state index is 0.914. The molecule has 0 aliphatic rings. The fraction of sp³-hybridized carbons (Fsp3) is 0.880. The quantitative estimate of drug-likeness (QED) is 0.226. The van der Waals surface area contributed by atoms with Crippen molar-refractivity contribution in [3.8, 4) is 0 Å². The van der Waals surface area contributed by atoms with E-state index in [9.17, 15) is 0 Å². The van der Waals surface area contributed by atoms with Crippen LogP contribution in [0.1, 0.15) is 141 Å². The van der Waals surface area contributed by atoms with E-state index < -0.39 is 0 Å². The summed E-state index contributed by atoms with van der Waals surface area (Å²) in [5.74, 6) is 3.05. The molecule has 162 valence electrons. The zero-order valence-corrected chi connectivity index (χ0v) is 19.3. The maximum atomic E-state index is 4.78. The second-order valence-corrected chi connectivity index (χ2v) is 8.39. The van der Waals surface area contributed by atoms with Crippen LogP contribution in [0.3, 0.4) is 0 Å². The van der Waals surface area contributed by atoms with Crippen LogP contribution in [0.2, 0.25) is 0 Å². The van der Waals surface area contributed by atoms with E-state index in [2.05, 4.69) is 30.7 Å². The van der Waals surface area contributed by atoms with Gasteiger partial charge in [-0.1, -0.05) is 111 Å². The molecule has 28 heavy (non-hydrogen) atoms. The second-order valence-electron chi connectivity index (χ2n) is 8.39. The van der Waals surface area contributed by atoms with Gasteiger partial charge >= 0.3 is 0 Å². The summed E-state index contributed by atoms with van der Waals surface area (Å²) < 4.78 is 0. The number of rotatable bonds is 19. The molecule has 0 aliphatic heterocycles. The van der Waals surface area contributed by atoms with Crippen molar-refractivity contribution in [2.24, 2.45) is 0 Å². The van der Waals surface area contributed by atoms with Crippen molar-refractivity contribution in [2.75, 3.05) is 0 Å². The van der Waals surface area contributed by atoms with E-state index in [0.29, 0.717) is 0 Å².